The van der Waals surface area contributed by atoms with Gasteiger partial charge in [-0.3, -0.25) is 19.6 Å². The summed E-state index contributed by atoms with van der Waals surface area (Å²) in [6.07, 6.45) is 7.94. The van der Waals surface area contributed by atoms with Gasteiger partial charge in [0.05, 0.1) is 22.7 Å². The third-order valence-corrected chi connectivity index (χ3v) is 9.19. The molecule has 0 N–H and O–H groups in total. The van der Waals surface area contributed by atoms with E-state index < -0.39 is 5.41 Å². The maximum Gasteiger partial charge on any atom is 0.240 e. The Hall–Kier alpha value is -1.72. The molecule has 0 radical (unpaired) electrons. The minimum absolute atomic E-state index is 0.0527. The van der Waals surface area contributed by atoms with E-state index in [1.807, 2.05) is 23.1 Å². The molecule has 2 aliphatic heterocycles. The van der Waals surface area contributed by atoms with E-state index in [1.165, 1.54) is 38.5 Å². The normalized spacial score (nSPS) is 40.5. The van der Waals surface area contributed by atoms with Crippen LogP contribution in [-0.2, 0) is 4.79 Å². The van der Waals surface area contributed by atoms with Crippen molar-refractivity contribution in [2.45, 2.75) is 64.0 Å². The Kier molecular flexibility index (Phi) is 4.82. The molecule has 1 amide bonds. The predicted octanol–water partition coefficient (Wildman–Crippen LogP) is 4.04. The molecule has 0 aromatic heterocycles. The molecule has 1 aromatic rings. The van der Waals surface area contributed by atoms with Crippen molar-refractivity contribution in [3.63, 3.8) is 0 Å². The second-order valence-corrected chi connectivity index (χ2v) is 12.1. The molecular formula is C27H38N4O. The number of para-hydroxylation sites is 1. The zero-order chi connectivity index (χ0) is 22.1. The van der Waals surface area contributed by atoms with Crippen LogP contribution in [0.5, 0.6) is 0 Å². The van der Waals surface area contributed by atoms with Crippen LogP contribution in [0.4, 0.5) is 5.69 Å². The van der Waals surface area contributed by atoms with E-state index in [9.17, 15) is 4.79 Å². The van der Waals surface area contributed by atoms with Crippen LogP contribution in [-0.4, -0.2) is 66.4 Å². The van der Waals surface area contributed by atoms with E-state index in [2.05, 4.69) is 42.8 Å². The van der Waals surface area contributed by atoms with Crippen molar-refractivity contribution in [2.24, 2.45) is 28.2 Å². The highest BCUT2D eigenvalue weighted by molar-refractivity contribution is 6.27. The van der Waals surface area contributed by atoms with Gasteiger partial charge in [0.2, 0.25) is 5.91 Å². The number of amidine groups is 1. The average Bonchev–Trinajstić information content (AvgIpc) is 2.93. The van der Waals surface area contributed by atoms with Gasteiger partial charge in [-0.1, -0.05) is 18.2 Å². The highest BCUT2D eigenvalue weighted by atomic mass is 16.2. The molecule has 32 heavy (non-hydrogen) atoms. The molecule has 7 rings (SSSR count). The summed E-state index contributed by atoms with van der Waals surface area (Å²) in [6, 6.07) is 10.3. The second kappa shape index (κ2) is 7.39. The van der Waals surface area contributed by atoms with Crippen molar-refractivity contribution in [3.8, 4) is 0 Å². The van der Waals surface area contributed by atoms with Gasteiger partial charge in [-0.05, 0) is 89.3 Å². The number of piperazine rings is 1. The number of carbonyl (C=O) groups is 1. The summed E-state index contributed by atoms with van der Waals surface area (Å²) < 4.78 is 0. The number of hydrogen-bond donors (Lipinski definition) is 0. The van der Waals surface area contributed by atoms with Gasteiger partial charge in [-0.2, -0.15) is 0 Å². The molecule has 6 fully saturated rings. The smallest absolute Gasteiger partial charge is 0.240 e. The molecule has 1 aromatic carbocycles. The van der Waals surface area contributed by atoms with E-state index >= 15 is 0 Å². The number of rotatable bonds is 3. The molecule has 0 spiro atoms. The fraction of sp³-hybridized carbons (Fsp3) is 0.704. The number of nitrogens with zero attached hydrogens (tertiary/aromatic N) is 4. The Morgan fingerprint density at radius 3 is 2.00 bits per heavy atom. The SMILES string of the molecule is CN1CCN(C2C(=NC34CC5CC(CC(C5)C3)C4)N(c3ccccc3)C(=O)C2(C)C)CC1. The van der Waals surface area contributed by atoms with Crippen molar-refractivity contribution >= 4 is 17.4 Å². The molecule has 6 aliphatic rings. The van der Waals surface area contributed by atoms with Crippen molar-refractivity contribution < 1.29 is 4.79 Å². The summed E-state index contributed by atoms with van der Waals surface area (Å²) in [5, 5.41) is 0. The largest absolute Gasteiger partial charge is 0.304 e. The highest BCUT2D eigenvalue weighted by Gasteiger charge is 2.57. The van der Waals surface area contributed by atoms with Gasteiger partial charge in [0.15, 0.2) is 0 Å². The Bertz CT molecular complexity index is 880. The summed E-state index contributed by atoms with van der Waals surface area (Å²) >= 11 is 0. The van der Waals surface area contributed by atoms with Crippen molar-refractivity contribution in [3.05, 3.63) is 30.3 Å². The average molecular weight is 435 g/mol. The number of carbonyl (C=O) groups excluding carboxylic acids is 1. The number of likely N-dealkylation sites (N-methyl/N-ethyl adjacent to an activating group) is 1. The molecular weight excluding hydrogens is 396 g/mol. The molecule has 172 valence electrons. The van der Waals surface area contributed by atoms with E-state index in [-0.39, 0.29) is 17.5 Å². The van der Waals surface area contributed by atoms with Gasteiger partial charge in [-0.15, -0.1) is 0 Å². The van der Waals surface area contributed by atoms with Crippen molar-refractivity contribution in [2.75, 3.05) is 38.1 Å². The molecule has 4 aliphatic carbocycles. The topological polar surface area (TPSA) is 39.1 Å². The molecule has 2 saturated heterocycles. The summed E-state index contributed by atoms with van der Waals surface area (Å²) in [7, 11) is 2.20. The minimum atomic E-state index is -0.479. The lowest BCUT2D eigenvalue weighted by Gasteiger charge is -2.55. The summed E-state index contributed by atoms with van der Waals surface area (Å²) in [5.74, 6) is 3.79. The fourth-order valence-electron chi connectivity index (χ4n) is 8.04. The summed E-state index contributed by atoms with van der Waals surface area (Å²) in [6.45, 7) is 8.40. The van der Waals surface area contributed by atoms with Crippen LogP contribution in [0.3, 0.4) is 0 Å². The third kappa shape index (κ3) is 3.27. The van der Waals surface area contributed by atoms with Crippen LogP contribution >= 0.6 is 0 Å². The maximum atomic E-state index is 13.9. The predicted molar refractivity (Wildman–Crippen MR) is 129 cm³/mol. The first-order valence-corrected chi connectivity index (χ1v) is 12.8. The van der Waals surface area contributed by atoms with E-state index in [0.717, 1.165) is 55.5 Å². The minimum Gasteiger partial charge on any atom is -0.304 e. The molecule has 4 bridgehead atoms. The van der Waals surface area contributed by atoms with Gasteiger partial charge >= 0.3 is 0 Å². The molecule has 4 saturated carbocycles. The third-order valence-electron chi connectivity index (χ3n) is 9.19. The fourth-order valence-corrected chi connectivity index (χ4v) is 8.04. The monoisotopic (exact) mass is 434 g/mol. The molecule has 5 nitrogen and oxygen atoms in total. The Morgan fingerprint density at radius 2 is 1.44 bits per heavy atom. The van der Waals surface area contributed by atoms with E-state index in [1.54, 1.807) is 0 Å². The van der Waals surface area contributed by atoms with Gasteiger partial charge < -0.3 is 4.90 Å². The maximum absolute atomic E-state index is 13.9. The molecule has 1 unspecified atom stereocenters. The van der Waals surface area contributed by atoms with Gasteiger partial charge in [0.1, 0.15) is 5.84 Å². The molecule has 1 atom stereocenters. The second-order valence-electron chi connectivity index (χ2n) is 12.1. The number of benzene rings is 1. The van der Waals surface area contributed by atoms with E-state index in [0.29, 0.717) is 0 Å². The summed E-state index contributed by atoms with van der Waals surface area (Å²) in [5.41, 5.74) is 0.556. The molecule has 5 heteroatoms. The zero-order valence-corrected chi connectivity index (χ0v) is 20.0. The standard InChI is InChI=1S/C27H38N4O/c1-26(2)23(30-11-9-29(3)10-12-30)24(31(25(26)32)22-7-5-4-6-8-22)28-27-16-19-13-20(17-27)15-21(14-19)18-27/h4-8,19-21,23H,9-18H2,1-3H3. The Labute approximate surface area is 192 Å². The first-order valence-electron chi connectivity index (χ1n) is 12.8. The van der Waals surface area contributed by atoms with Crippen molar-refractivity contribution in [1.82, 2.24) is 9.80 Å². The molecule has 2 heterocycles. The van der Waals surface area contributed by atoms with Crippen LogP contribution < -0.4 is 4.90 Å². The van der Waals surface area contributed by atoms with Crippen LogP contribution in [0, 0.1) is 23.2 Å². The van der Waals surface area contributed by atoms with Gasteiger partial charge in [0, 0.05) is 26.2 Å². The van der Waals surface area contributed by atoms with E-state index in [4.69, 9.17) is 4.99 Å². The quantitative estimate of drug-likeness (QED) is 0.721. The number of amides is 1. The van der Waals surface area contributed by atoms with Gasteiger partial charge in [0.25, 0.3) is 0 Å². The number of hydrogen-bond acceptors (Lipinski definition) is 4. The lowest BCUT2D eigenvalue weighted by Crippen LogP contribution is -2.56. The van der Waals surface area contributed by atoms with Crippen molar-refractivity contribution in [1.29, 1.82) is 0 Å². The van der Waals surface area contributed by atoms with Crippen LogP contribution in [0.25, 0.3) is 0 Å². The lowest BCUT2D eigenvalue weighted by molar-refractivity contribution is -0.126. The lowest BCUT2D eigenvalue weighted by atomic mass is 9.53. The highest BCUT2D eigenvalue weighted by Crippen LogP contribution is 2.58. The summed E-state index contributed by atoms with van der Waals surface area (Å²) in [4.78, 5) is 26.6. The van der Waals surface area contributed by atoms with Gasteiger partial charge in [-0.25, -0.2) is 0 Å². The van der Waals surface area contributed by atoms with Crippen LogP contribution in [0.15, 0.2) is 35.3 Å². The first kappa shape index (κ1) is 20.9. The zero-order valence-electron chi connectivity index (χ0n) is 20.0. The number of anilines is 1. The van der Waals surface area contributed by atoms with Crippen LogP contribution in [0.1, 0.15) is 52.4 Å². The number of aliphatic imine (C=N–C) groups is 1. The Balaban J connectivity index is 1.46. The first-order chi connectivity index (χ1) is 15.3. The Morgan fingerprint density at radius 1 is 0.875 bits per heavy atom. The van der Waals surface area contributed by atoms with Crippen LogP contribution in [0.2, 0.25) is 0 Å².